The number of hydrogen-bond acceptors (Lipinski definition) is 3. The molecule has 20 heavy (non-hydrogen) atoms. The van der Waals surface area contributed by atoms with Crippen molar-refractivity contribution < 1.29 is 13.2 Å². The number of sulfonamides is 1. The van der Waals surface area contributed by atoms with E-state index in [0.717, 1.165) is 0 Å². The third-order valence-electron chi connectivity index (χ3n) is 2.22. The van der Waals surface area contributed by atoms with Crippen LogP contribution < -0.4 is 10.0 Å². The SMILES string of the molecule is CCCNS(=O)(=O)c1ccc(NC(=O)C(Cl)(Cl)Cl)cc1. The lowest BCUT2D eigenvalue weighted by Crippen LogP contribution is -2.27. The molecule has 5 nitrogen and oxygen atoms in total. The highest BCUT2D eigenvalue weighted by molar-refractivity contribution is 7.89. The number of nitrogens with one attached hydrogen (secondary N) is 2. The summed E-state index contributed by atoms with van der Waals surface area (Å²) in [5.41, 5.74) is 0.329. The van der Waals surface area contributed by atoms with Gasteiger partial charge < -0.3 is 5.32 Å². The Morgan fingerprint density at radius 3 is 2.20 bits per heavy atom. The Labute approximate surface area is 132 Å². The van der Waals surface area contributed by atoms with Gasteiger partial charge in [-0.1, -0.05) is 41.7 Å². The minimum absolute atomic E-state index is 0.0952. The summed E-state index contributed by atoms with van der Waals surface area (Å²) in [7, 11) is -3.54. The van der Waals surface area contributed by atoms with E-state index in [1.54, 1.807) is 0 Å². The molecule has 2 N–H and O–H groups in total. The van der Waals surface area contributed by atoms with Crippen LogP contribution in [0.4, 0.5) is 5.69 Å². The normalized spacial score (nSPS) is 12.2. The minimum Gasteiger partial charge on any atom is -0.322 e. The zero-order valence-electron chi connectivity index (χ0n) is 10.5. The van der Waals surface area contributed by atoms with Crippen LogP contribution in [0.2, 0.25) is 0 Å². The molecule has 112 valence electrons. The van der Waals surface area contributed by atoms with Gasteiger partial charge in [0.05, 0.1) is 4.90 Å². The lowest BCUT2D eigenvalue weighted by molar-refractivity contribution is -0.115. The number of rotatable bonds is 5. The van der Waals surface area contributed by atoms with Gasteiger partial charge >= 0.3 is 0 Å². The summed E-state index contributed by atoms with van der Waals surface area (Å²) < 4.78 is 24.0. The van der Waals surface area contributed by atoms with Crippen LogP contribution in [0.25, 0.3) is 0 Å². The topological polar surface area (TPSA) is 75.3 Å². The molecule has 0 atom stereocenters. The van der Waals surface area contributed by atoms with Gasteiger partial charge in [0.15, 0.2) is 0 Å². The number of halogens is 3. The zero-order chi connectivity index (χ0) is 15.4. The van der Waals surface area contributed by atoms with Crippen LogP contribution in [-0.4, -0.2) is 24.7 Å². The summed E-state index contributed by atoms with van der Waals surface area (Å²) >= 11 is 16.2. The largest absolute Gasteiger partial charge is 0.322 e. The number of amides is 1. The van der Waals surface area contributed by atoms with Gasteiger partial charge in [0.1, 0.15) is 0 Å². The van der Waals surface area contributed by atoms with Crippen molar-refractivity contribution >= 4 is 56.4 Å². The van der Waals surface area contributed by atoms with E-state index in [0.29, 0.717) is 18.7 Å². The van der Waals surface area contributed by atoms with E-state index in [2.05, 4.69) is 10.0 Å². The molecule has 0 bridgehead atoms. The molecule has 0 aliphatic carbocycles. The molecule has 0 radical (unpaired) electrons. The van der Waals surface area contributed by atoms with Crippen LogP contribution in [0.3, 0.4) is 0 Å². The number of alkyl halides is 3. The summed E-state index contributed by atoms with van der Waals surface area (Å²) in [6.45, 7) is 2.21. The maximum atomic E-state index is 11.8. The lowest BCUT2D eigenvalue weighted by atomic mass is 10.3. The average Bonchev–Trinajstić information content (AvgIpc) is 2.36. The molecule has 0 saturated carbocycles. The Bertz CT molecular complexity index is 568. The first-order chi connectivity index (χ1) is 9.16. The molecular weight excluding hydrogens is 347 g/mol. The second-order valence-electron chi connectivity index (χ2n) is 3.87. The Balaban J connectivity index is 2.82. The smallest absolute Gasteiger partial charge is 0.276 e. The molecule has 1 rings (SSSR count). The molecule has 0 aliphatic heterocycles. The Morgan fingerprint density at radius 2 is 1.75 bits per heavy atom. The van der Waals surface area contributed by atoms with Gasteiger partial charge in [-0.3, -0.25) is 4.79 Å². The molecule has 1 amide bonds. The van der Waals surface area contributed by atoms with Crippen molar-refractivity contribution in [1.29, 1.82) is 0 Å². The van der Waals surface area contributed by atoms with E-state index in [4.69, 9.17) is 34.8 Å². The van der Waals surface area contributed by atoms with Crippen molar-refractivity contribution in [1.82, 2.24) is 4.72 Å². The predicted octanol–water partition coefficient (Wildman–Crippen LogP) is 2.68. The number of carbonyl (C=O) groups excluding carboxylic acids is 1. The monoisotopic (exact) mass is 358 g/mol. The Hall–Kier alpha value is -0.530. The first-order valence-corrected chi connectivity index (χ1v) is 8.26. The predicted molar refractivity (Wildman–Crippen MR) is 80.8 cm³/mol. The molecule has 0 fully saturated rings. The molecule has 0 heterocycles. The van der Waals surface area contributed by atoms with Crippen molar-refractivity contribution in [3.05, 3.63) is 24.3 Å². The first kappa shape index (κ1) is 17.5. The van der Waals surface area contributed by atoms with Gasteiger partial charge in [0, 0.05) is 12.2 Å². The van der Waals surface area contributed by atoms with E-state index >= 15 is 0 Å². The highest BCUT2D eigenvalue weighted by atomic mass is 35.6. The van der Waals surface area contributed by atoms with Crippen LogP contribution in [0.1, 0.15) is 13.3 Å². The first-order valence-electron chi connectivity index (χ1n) is 5.64. The van der Waals surface area contributed by atoms with Crippen LogP contribution in [0, 0.1) is 0 Å². The molecule has 9 heteroatoms. The van der Waals surface area contributed by atoms with Gasteiger partial charge in [-0.25, -0.2) is 13.1 Å². The Kier molecular flexibility index (Phi) is 6.09. The maximum absolute atomic E-state index is 11.8. The van der Waals surface area contributed by atoms with Crippen molar-refractivity contribution in [3.63, 3.8) is 0 Å². The number of hydrogen-bond donors (Lipinski definition) is 2. The van der Waals surface area contributed by atoms with Gasteiger partial charge in [-0.05, 0) is 30.7 Å². The fourth-order valence-corrected chi connectivity index (χ4v) is 2.51. The third kappa shape index (κ3) is 5.10. The molecule has 0 unspecified atom stereocenters. The maximum Gasteiger partial charge on any atom is 0.276 e. The van der Waals surface area contributed by atoms with Gasteiger partial charge in [0.2, 0.25) is 10.0 Å². The van der Waals surface area contributed by atoms with Crippen LogP contribution in [0.15, 0.2) is 29.2 Å². The second kappa shape index (κ2) is 6.95. The summed E-state index contributed by atoms with van der Waals surface area (Å²) in [6, 6.07) is 5.53. The standard InChI is InChI=1S/C11H13Cl3N2O3S/c1-2-7-15-20(18,19)9-5-3-8(4-6-9)16-10(17)11(12,13)14/h3-6,15H,2,7H2,1H3,(H,16,17). The summed E-state index contributed by atoms with van der Waals surface area (Å²) in [4.78, 5) is 11.5. The molecule has 0 aliphatic rings. The van der Waals surface area contributed by atoms with Crippen LogP contribution in [-0.2, 0) is 14.8 Å². The van der Waals surface area contributed by atoms with E-state index in [-0.39, 0.29) is 4.90 Å². The van der Waals surface area contributed by atoms with E-state index in [9.17, 15) is 13.2 Å². The highest BCUT2D eigenvalue weighted by Gasteiger charge is 2.30. The van der Waals surface area contributed by atoms with Crippen LogP contribution in [0.5, 0.6) is 0 Å². The van der Waals surface area contributed by atoms with Crippen LogP contribution >= 0.6 is 34.8 Å². The summed E-state index contributed by atoms with van der Waals surface area (Å²) in [6.07, 6.45) is 0.691. The minimum atomic E-state index is -3.54. The summed E-state index contributed by atoms with van der Waals surface area (Å²) in [5, 5.41) is 2.35. The molecular formula is C11H13Cl3N2O3S. The van der Waals surface area contributed by atoms with Crippen molar-refractivity contribution in [2.24, 2.45) is 0 Å². The van der Waals surface area contributed by atoms with Gasteiger partial charge in [-0.15, -0.1) is 0 Å². The van der Waals surface area contributed by atoms with E-state index < -0.39 is 19.7 Å². The third-order valence-corrected chi connectivity index (χ3v) is 4.21. The fraction of sp³-hybridized carbons (Fsp3) is 0.364. The molecule has 0 saturated heterocycles. The van der Waals surface area contributed by atoms with Gasteiger partial charge in [0.25, 0.3) is 9.70 Å². The fourth-order valence-electron chi connectivity index (χ4n) is 1.24. The van der Waals surface area contributed by atoms with E-state index in [1.807, 2.05) is 6.92 Å². The molecule has 1 aromatic carbocycles. The quantitative estimate of drug-likeness (QED) is 0.794. The van der Waals surface area contributed by atoms with Gasteiger partial charge in [-0.2, -0.15) is 0 Å². The summed E-state index contributed by atoms with van der Waals surface area (Å²) in [5.74, 6) is -0.817. The van der Waals surface area contributed by atoms with Crippen molar-refractivity contribution in [2.75, 3.05) is 11.9 Å². The Morgan fingerprint density at radius 1 is 1.20 bits per heavy atom. The lowest BCUT2D eigenvalue weighted by Gasteiger charge is -2.12. The molecule has 0 spiro atoms. The highest BCUT2D eigenvalue weighted by Crippen LogP contribution is 2.27. The molecule has 0 aromatic heterocycles. The van der Waals surface area contributed by atoms with Crippen molar-refractivity contribution in [2.45, 2.75) is 22.0 Å². The van der Waals surface area contributed by atoms with Crippen molar-refractivity contribution in [3.8, 4) is 0 Å². The second-order valence-corrected chi connectivity index (χ2v) is 7.92. The number of anilines is 1. The zero-order valence-corrected chi connectivity index (χ0v) is 13.6. The number of benzene rings is 1. The average molecular weight is 360 g/mol. The van der Waals surface area contributed by atoms with E-state index in [1.165, 1.54) is 24.3 Å². The number of carbonyl (C=O) groups is 1. The molecule has 1 aromatic rings.